The molecule has 7 heteroatoms. The summed E-state index contributed by atoms with van der Waals surface area (Å²) in [6.07, 6.45) is -4.20. The molecule has 1 heterocycles. The molecule has 1 N–H and O–H groups in total. The molecular formula is C14H14F3NO3. The van der Waals surface area contributed by atoms with E-state index in [9.17, 15) is 22.8 Å². The minimum absolute atomic E-state index is 0.0169. The number of carboxylic acid groups (broad SMARTS) is 1. The maximum atomic E-state index is 12.4. The van der Waals surface area contributed by atoms with Crippen molar-refractivity contribution in [1.29, 1.82) is 0 Å². The molecule has 1 aromatic rings. The summed E-state index contributed by atoms with van der Waals surface area (Å²) in [5, 5.41) is 9.13. The maximum absolute atomic E-state index is 12.4. The third kappa shape index (κ3) is 3.34. The Labute approximate surface area is 119 Å². The second-order valence-electron chi connectivity index (χ2n) is 4.96. The molecule has 21 heavy (non-hydrogen) atoms. The third-order valence-electron chi connectivity index (χ3n) is 3.66. The predicted octanol–water partition coefficient (Wildman–Crippen LogP) is 2.65. The maximum Gasteiger partial charge on any atom is 0.471 e. The second-order valence-corrected chi connectivity index (χ2v) is 4.96. The summed E-state index contributed by atoms with van der Waals surface area (Å²) < 4.78 is 37.1. The number of rotatable bonds is 2. The van der Waals surface area contributed by atoms with Crippen molar-refractivity contribution in [3.63, 3.8) is 0 Å². The zero-order valence-electron chi connectivity index (χ0n) is 11.1. The average molecular weight is 301 g/mol. The number of piperidine rings is 1. The van der Waals surface area contributed by atoms with Crippen molar-refractivity contribution in [2.45, 2.75) is 24.9 Å². The van der Waals surface area contributed by atoms with Crippen LogP contribution < -0.4 is 0 Å². The van der Waals surface area contributed by atoms with Gasteiger partial charge in [-0.3, -0.25) is 4.79 Å². The lowest BCUT2D eigenvalue weighted by Gasteiger charge is -2.33. The van der Waals surface area contributed by atoms with E-state index in [1.807, 2.05) is 0 Å². The van der Waals surface area contributed by atoms with Crippen LogP contribution in [0, 0.1) is 0 Å². The number of carbonyl (C=O) groups is 2. The summed E-state index contributed by atoms with van der Waals surface area (Å²) in [5.41, 5.74) is 0.780. The number of hydrogen-bond donors (Lipinski definition) is 1. The fraction of sp³-hybridized carbons (Fsp3) is 0.429. The Bertz CT molecular complexity index is 549. The van der Waals surface area contributed by atoms with Crippen molar-refractivity contribution in [3.8, 4) is 0 Å². The van der Waals surface area contributed by atoms with Crippen LogP contribution in [-0.2, 0) is 4.79 Å². The van der Waals surface area contributed by atoms with Crippen LogP contribution in [-0.4, -0.2) is 41.1 Å². The van der Waals surface area contributed by atoms with E-state index in [0.29, 0.717) is 18.4 Å². The van der Waals surface area contributed by atoms with Gasteiger partial charge in [0, 0.05) is 13.1 Å². The number of carboxylic acids is 1. The molecule has 1 fully saturated rings. The largest absolute Gasteiger partial charge is 0.478 e. The van der Waals surface area contributed by atoms with E-state index in [4.69, 9.17) is 5.11 Å². The first-order chi connectivity index (χ1) is 9.80. The third-order valence-corrected chi connectivity index (χ3v) is 3.66. The Balaban J connectivity index is 2.09. The van der Waals surface area contributed by atoms with Crippen LogP contribution >= 0.6 is 0 Å². The lowest BCUT2D eigenvalue weighted by molar-refractivity contribution is -0.186. The normalized spacial score (nSPS) is 16.8. The molecule has 0 aliphatic carbocycles. The zero-order valence-corrected chi connectivity index (χ0v) is 11.1. The highest BCUT2D eigenvalue weighted by molar-refractivity contribution is 5.89. The van der Waals surface area contributed by atoms with Crippen molar-refractivity contribution < 1.29 is 27.9 Å². The first kappa shape index (κ1) is 15.3. The molecule has 1 aromatic carbocycles. The Morgan fingerprint density at radius 2 is 1.71 bits per heavy atom. The zero-order chi connectivity index (χ0) is 15.6. The lowest BCUT2D eigenvalue weighted by Crippen LogP contribution is -2.45. The number of nitrogens with zero attached hydrogens (tertiary/aromatic N) is 1. The molecule has 1 amide bonds. The lowest BCUT2D eigenvalue weighted by atomic mass is 9.86. The van der Waals surface area contributed by atoms with Crippen LogP contribution in [0.1, 0.15) is 34.7 Å². The number of halogens is 3. The van der Waals surface area contributed by atoms with Gasteiger partial charge in [-0.2, -0.15) is 13.2 Å². The van der Waals surface area contributed by atoms with Crippen LogP contribution in [0.5, 0.6) is 0 Å². The van der Waals surface area contributed by atoms with Crippen molar-refractivity contribution >= 4 is 11.9 Å². The second kappa shape index (κ2) is 5.75. The molecule has 0 unspecified atom stereocenters. The summed E-state index contributed by atoms with van der Waals surface area (Å²) in [6, 6.07) is 6.46. The molecular weight excluding hydrogens is 287 g/mol. The molecule has 0 spiro atoms. The van der Waals surface area contributed by atoms with Crippen molar-refractivity contribution in [1.82, 2.24) is 4.90 Å². The van der Waals surface area contributed by atoms with Gasteiger partial charge >= 0.3 is 18.1 Å². The van der Waals surface area contributed by atoms with E-state index in [1.54, 1.807) is 18.2 Å². The number of hydrogen-bond acceptors (Lipinski definition) is 2. The molecule has 114 valence electrons. The number of carbonyl (C=O) groups excluding carboxylic acids is 1. The number of likely N-dealkylation sites (tertiary alicyclic amines) is 1. The SMILES string of the molecule is O=C(O)c1ccccc1C1CCN(C(=O)C(F)(F)F)CC1. The summed E-state index contributed by atoms with van der Waals surface area (Å²) in [7, 11) is 0. The van der Waals surface area contributed by atoms with Gasteiger partial charge in [-0.05, 0) is 30.4 Å². The van der Waals surface area contributed by atoms with Gasteiger partial charge in [-0.25, -0.2) is 4.79 Å². The highest BCUT2D eigenvalue weighted by Gasteiger charge is 2.43. The molecule has 1 aliphatic rings. The molecule has 2 rings (SSSR count). The predicted molar refractivity (Wildman–Crippen MR) is 68.0 cm³/mol. The topological polar surface area (TPSA) is 57.6 Å². The van der Waals surface area contributed by atoms with Gasteiger partial charge in [0.1, 0.15) is 0 Å². The molecule has 0 aromatic heterocycles. The smallest absolute Gasteiger partial charge is 0.471 e. The Morgan fingerprint density at radius 3 is 2.24 bits per heavy atom. The van der Waals surface area contributed by atoms with E-state index in [-0.39, 0.29) is 24.6 Å². The fourth-order valence-corrected chi connectivity index (χ4v) is 2.62. The van der Waals surface area contributed by atoms with Crippen molar-refractivity contribution in [2.24, 2.45) is 0 Å². The molecule has 1 saturated heterocycles. The van der Waals surface area contributed by atoms with Gasteiger partial charge < -0.3 is 10.0 Å². The average Bonchev–Trinajstić information content (AvgIpc) is 2.45. The van der Waals surface area contributed by atoms with Gasteiger partial charge in [-0.1, -0.05) is 18.2 Å². The molecule has 0 atom stereocenters. The molecule has 4 nitrogen and oxygen atoms in total. The Hall–Kier alpha value is -2.05. The summed E-state index contributed by atoms with van der Waals surface area (Å²) in [6.45, 7) is -0.0338. The highest BCUT2D eigenvalue weighted by atomic mass is 19.4. The minimum Gasteiger partial charge on any atom is -0.478 e. The van der Waals surface area contributed by atoms with E-state index in [0.717, 1.165) is 4.90 Å². The molecule has 0 radical (unpaired) electrons. The standard InChI is InChI=1S/C14H14F3NO3/c15-14(16,17)13(21)18-7-5-9(6-8-18)10-3-1-2-4-11(10)12(19)20/h1-4,9H,5-8H2,(H,19,20). The number of alkyl halides is 3. The van der Waals surface area contributed by atoms with Crippen LogP contribution in [0.15, 0.2) is 24.3 Å². The number of aromatic carboxylic acids is 1. The van der Waals surface area contributed by atoms with E-state index >= 15 is 0 Å². The van der Waals surface area contributed by atoms with E-state index in [1.165, 1.54) is 6.07 Å². The van der Waals surface area contributed by atoms with Gasteiger partial charge in [0.25, 0.3) is 0 Å². The van der Waals surface area contributed by atoms with Crippen LogP contribution in [0.4, 0.5) is 13.2 Å². The Kier molecular flexibility index (Phi) is 4.20. The van der Waals surface area contributed by atoms with Crippen molar-refractivity contribution in [2.75, 3.05) is 13.1 Å². The van der Waals surface area contributed by atoms with Gasteiger partial charge in [0.05, 0.1) is 5.56 Å². The first-order valence-electron chi connectivity index (χ1n) is 6.49. The van der Waals surface area contributed by atoms with E-state index < -0.39 is 18.1 Å². The summed E-state index contributed by atoms with van der Waals surface area (Å²) in [4.78, 5) is 23.1. The Morgan fingerprint density at radius 1 is 1.14 bits per heavy atom. The molecule has 0 bridgehead atoms. The van der Waals surface area contributed by atoms with Crippen LogP contribution in [0.2, 0.25) is 0 Å². The molecule has 0 saturated carbocycles. The van der Waals surface area contributed by atoms with E-state index in [2.05, 4.69) is 0 Å². The number of benzene rings is 1. The van der Waals surface area contributed by atoms with Crippen LogP contribution in [0.25, 0.3) is 0 Å². The quantitative estimate of drug-likeness (QED) is 0.913. The van der Waals surface area contributed by atoms with Gasteiger partial charge in [0.2, 0.25) is 0 Å². The summed E-state index contributed by atoms with van der Waals surface area (Å²) in [5.74, 6) is -3.03. The highest BCUT2D eigenvalue weighted by Crippen LogP contribution is 2.32. The van der Waals surface area contributed by atoms with Crippen molar-refractivity contribution in [3.05, 3.63) is 35.4 Å². The first-order valence-corrected chi connectivity index (χ1v) is 6.49. The number of amides is 1. The monoisotopic (exact) mass is 301 g/mol. The molecule has 1 aliphatic heterocycles. The summed E-state index contributed by atoms with van der Waals surface area (Å²) >= 11 is 0. The van der Waals surface area contributed by atoms with Crippen LogP contribution in [0.3, 0.4) is 0 Å². The fourth-order valence-electron chi connectivity index (χ4n) is 2.62. The minimum atomic E-state index is -4.86. The van der Waals surface area contributed by atoms with Gasteiger partial charge in [-0.15, -0.1) is 0 Å². The van der Waals surface area contributed by atoms with Gasteiger partial charge in [0.15, 0.2) is 0 Å².